The molecule has 2 rings (SSSR count). The highest BCUT2D eigenvalue weighted by molar-refractivity contribution is 9.10. The minimum atomic E-state index is 0.674. The van der Waals surface area contributed by atoms with Crippen molar-refractivity contribution < 1.29 is 4.74 Å². The van der Waals surface area contributed by atoms with Crippen LogP contribution in [-0.2, 0) is 0 Å². The number of hydrogen-bond acceptors (Lipinski definition) is 2. The lowest BCUT2D eigenvalue weighted by Gasteiger charge is -2.07. The summed E-state index contributed by atoms with van der Waals surface area (Å²) in [6.45, 7) is 1.96. The van der Waals surface area contributed by atoms with E-state index >= 15 is 0 Å². The van der Waals surface area contributed by atoms with Gasteiger partial charge in [0.15, 0.2) is 0 Å². The van der Waals surface area contributed by atoms with Crippen molar-refractivity contribution in [2.24, 2.45) is 0 Å². The molecule has 0 aliphatic rings. The summed E-state index contributed by atoms with van der Waals surface area (Å²) in [4.78, 5) is 4.33. The van der Waals surface area contributed by atoms with Crippen LogP contribution in [-0.4, -0.2) is 12.1 Å². The Balaban J connectivity index is 2.88. The Morgan fingerprint density at radius 2 is 2.14 bits per heavy atom. The van der Waals surface area contributed by atoms with Crippen LogP contribution in [0, 0.1) is 6.92 Å². The molecule has 0 spiro atoms. The van der Waals surface area contributed by atoms with Crippen LogP contribution in [0.25, 0.3) is 10.8 Å². The van der Waals surface area contributed by atoms with Gasteiger partial charge in [0.2, 0.25) is 5.88 Å². The van der Waals surface area contributed by atoms with E-state index in [0.29, 0.717) is 5.88 Å². The fraction of sp³-hybridized carbons (Fsp3) is 0.182. The minimum Gasteiger partial charge on any atom is -0.481 e. The lowest BCUT2D eigenvalue weighted by atomic mass is 10.1. The first-order valence-corrected chi connectivity index (χ1v) is 5.11. The highest BCUT2D eigenvalue weighted by Crippen LogP contribution is 2.31. The number of aryl methyl sites for hydroxylation is 1. The lowest BCUT2D eigenvalue weighted by Crippen LogP contribution is -1.92. The molecule has 0 saturated carbocycles. The standard InChI is InChI=1S/C11H10BrNO/c1-7-6-8-4-3-5-9(12)10(8)11(13-7)14-2/h3-6H,1-2H3. The Kier molecular flexibility index (Phi) is 2.42. The maximum Gasteiger partial charge on any atom is 0.222 e. The fourth-order valence-corrected chi connectivity index (χ4v) is 2.06. The Bertz CT molecular complexity index is 482. The molecule has 0 fully saturated rings. The molecule has 3 heteroatoms. The van der Waals surface area contributed by atoms with Gasteiger partial charge in [-0.15, -0.1) is 0 Å². The summed E-state index contributed by atoms with van der Waals surface area (Å²) in [5.74, 6) is 0.674. The quantitative estimate of drug-likeness (QED) is 0.776. The van der Waals surface area contributed by atoms with Crippen molar-refractivity contribution in [3.8, 4) is 5.88 Å². The zero-order valence-electron chi connectivity index (χ0n) is 8.04. The molecule has 0 atom stereocenters. The van der Waals surface area contributed by atoms with E-state index in [1.807, 2.05) is 25.1 Å². The highest BCUT2D eigenvalue weighted by Gasteiger charge is 2.06. The van der Waals surface area contributed by atoms with Gasteiger partial charge < -0.3 is 4.74 Å². The molecule has 1 aromatic carbocycles. The fourth-order valence-electron chi connectivity index (χ4n) is 1.51. The van der Waals surface area contributed by atoms with Crippen molar-refractivity contribution in [2.75, 3.05) is 7.11 Å². The minimum absolute atomic E-state index is 0.674. The van der Waals surface area contributed by atoms with Gasteiger partial charge in [-0.3, -0.25) is 0 Å². The van der Waals surface area contributed by atoms with Gasteiger partial charge >= 0.3 is 0 Å². The van der Waals surface area contributed by atoms with Crippen LogP contribution < -0.4 is 4.74 Å². The molecular formula is C11H10BrNO. The van der Waals surface area contributed by atoms with Crippen LogP contribution >= 0.6 is 15.9 Å². The number of benzene rings is 1. The van der Waals surface area contributed by atoms with Crippen LogP contribution in [0.5, 0.6) is 5.88 Å². The largest absolute Gasteiger partial charge is 0.481 e. The van der Waals surface area contributed by atoms with E-state index in [1.165, 1.54) is 0 Å². The van der Waals surface area contributed by atoms with Gasteiger partial charge in [-0.25, -0.2) is 4.98 Å². The van der Waals surface area contributed by atoms with Crippen molar-refractivity contribution in [3.63, 3.8) is 0 Å². The summed E-state index contributed by atoms with van der Waals surface area (Å²) in [6.07, 6.45) is 0. The van der Waals surface area contributed by atoms with Gasteiger partial charge in [0.25, 0.3) is 0 Å². The maximum atomic E-state index is 5.25. The number of ether oxygens (including phenoxy) is 1. The number of aromatic nitrogens is 1. The molecule has 14 heavy (non-hydrogen) atoms. The SMILES string of the molecule is COc1nc(C)cc2cccc(Br)c12. The second-order valence-corrected chi connectivity index (χ2v) is 3.97. The third-order valence-electron chi connectivity index (χ3n) is 2.10. The van der Waals surface area contributed by atoms with E-state index in [4.69, 9.17) is 4.74 Å². The van der Waals surface area contributed by atoms with Gasteiger partial charge in [-0.05, 0) is 40.4 Å². The predicted octanol–water partition coefficient (Wildman–Crippen LogP) is 3.31. The zero-order valence-corrected chi connectivity index (χ0v) is 9.63. The molecule has 0 bridgehead atoms. The smallest absolute Gasteiger partial charge is 0.222 e. The Morgan fingerprint density at radius 1 is 1.36 bits per heavy atom. The van der Waals surface area contributed by atoms with Crippen LogP contribution in [0.15, 0.2) is 28.7 Å². The third kappa shape index (κ3) is 1.48. The second kappa shape index (κ2) is 3.58. The summed E-state index contributed by atoms with van der Waals surface area (Å²) in [5.41, 5.74) is 0.965. The number of pyridine rings is 1. The Labute approximate surface area is 91.0 Å². The Hall–Kier alpha value is -1.09. The molecule has 0 aliphatic carbocycles. The third-order valence-corrected chi connectivity index (χ3v) is 2.76. The van der Waals surface area contributed by atoms with E-state index in [9.17, 15) is 0 Å². The number of methoxy groups -OCH3 is 1. The van der Waals surface area contributed by atoms with Crippen LogP contribution in [0.4, 0.5) is 0 Å². The van der Waals surface area contributed by atoms with Gasteiger partial charge in [-0.1, -0.05) is 12.1 Å². The number of hydrogen-bond donors (Lipinski definition) is 0. The average Bonchev–Trinajstić information content (AvgIpc) is 2.16. The number of nitrogens with zero attached hydrogens (tertiary/aromatic N) is 1. The summed E-state index contributed by atoms with van der Waals surface area (Å²) < 4.78 is 6.26. The van der Waals surface area contributed by atoms with Gasteiger partial charge in [0.05, 0.1) is 12.5 Å². The van der Waals surface area contributed by atoms with Gasteiger partial charge in [0.1, 0.15) is 0 Å². The van der Waals surface area contributed by atoms with Gasteiger partial charge in [0, 0.05) is 10.2 Å². The van der Waals surface area contributed by atoms with E-state index in [0.717, 1.165) is 20.9 Å². The normalized spacial score (nSPS) is 10.5. The summed E-state index contributed by atoms with van der Waals surface area (Å²) >= 11 is 3.49. The summed E-state index contributed by atoms with van der Waals surface area (Å²) in [7, 11) is 1.64. The molecule has 0 N–H and O–H groups in total. The topological polar surface area (TPSA) is 22.1 Å². The van der Waals surface area contributed by atoms with Gasteiger partial charge in [-0.2, -0.15) is 0 Å². The monoisotopic (exact) mass is 251 g/mol. The van der Waals surface area contributed by atoms with E-state index in [-0.39, 0.29) is 0 Å². The second-order valence-electron chi connectivity index (χ2n) is 3.11. The van der Waals surface area contributed by atoms with Crippen molar-refractivity contribution in [1.29, 1.82) is 0 Å². The number of fused-ring (bicyclic) bond motifs is 1. The summed E-state index contributed by atoms with van der Waals surface area (Å²) in [6, 6.07) is 8.09. The first-order valence-electron chi connectivity index (χ1n) is 4.32. The average molecular weight is 252 g/mol. The van der Waals surface area contributed by atoms with Crippen LogP contribution in [0.2, 0.25) is 0 Å². The molecule has 0 amide bonds. The molecule has 0 unspecified atom stereocenters. The van der Waals surface area contributed by atoms with Crippen LogP contribution in [0.1, 0.15) is 5.69 Å². The van der Waals surface area contributed by atoms with Crippen molar-refractivity contribution in [3.05, 3.63) is 34.4 Å². The lowest BCUT2D eigenvalue weighted by molar-refractivity contribution is 0.402. The highest BCUT2D eigenvalue weighted by atomic mass is 79.9. The molecule has 1 heterocycles. The zero-order chi connectivity index (χ0) is 10.1. The Morgan fingerprint density at radius 3 is 2.86 bits per heavy atom. The molecule has 0 saturated heterocycles. The first kappa shape index (κ1) is 9.46. The molecule has 0 radical (unpaired) electrons. The molecule has 0 aliphatic heterocycles. The van der Waals surface area contributed by atoms with E-state index < -0.39 is 0 Å². The molecule has 1 aromatic heterocycles. The van der Waals surface area contributed by atoms with Crippen molar-refractivity contribution in [2.45, 2.75) is 6.92 Å². The van der Waals surface area contributed by atoms with E-state index in [1.54, 1.807) is 7.11 Å². The summed E-state index contributed by atoms with van der Waals surface area (Å²) in [5, 5.41) is 2.17. The van der Waals surface area contributed by atoms with Crippen molar-refractivity contribution >= 4 is 26.7 Å². The number of halogens is 1. The van der Waals surface area contributed by atoms with Crippen molar-refractivity contribution in [1.82, 2.24) is 4.98 Å². The predicted molar refractivity (Wildman–Crippen MR) is 60.7 cm³/mol. The number of rotatable bonds is 1. The van der Waals surface area contributed by atoms with E-state index in [2.05, 4.69) is 27.0 Å². The van der Waals surface area contributed by atoms with Crippen LogP contribution in [0.3, 0.4) is 0 Å². The maximum absolute atomic E-state index is 5.25. The molecular weight excluding hydrogens is 242 g/mol. The molecule has 2 aromatic rings. The molecule has 2 nitrogen and oxygen atoms in total. The first-order chi connectivity index (χ1) is 6.72. The molecule has 72 valence electrons.